The molecule has 1 N–H and O–H groups in total. The fraction of sp³-hybridized carbons (Fsp3) is 0.533. The number of amides is 1. The van der Waals surface area contributed by atoms with E-state index in [1.165, 1.54) is 0 Å². The summed E-state index contributed by atoms with van der Waals surface area (Å²) in [6.45, 7) is 3.91. The maximum absolute atomic E-state index is 12.1. The number of methoxy groups -OCH3 is 1. The van der Waals surface area contributed by atoms with E-state index in [1.54, 1.807) is 7.11 Å². The molecular formula is C15H21NO4S. The van der Waals surface area contributed by atoms with Gasteiger partial charge in [-0.05, 0) is 25.8 Å². The Labute approximate surface area is 125 Å². The van der Waals surface area contributed by atoms with Crippen LogP contribution in [0.5, 0.6) is 5.75 Å². The van der Waals surface area contributed by atoms with Crippen LogP contribution in [0.3, 0.4) is 0 Å². The van der Waals surface area contributed by atoms with E-state index in [9.17, 15) is 13.2 Å². The highest BCUT2D eigenvalue weighted by molar-refractivity contribution is 7.91. The number of hydrogen-bond acceptors (Lipinski definition) is 4. The molecule has 1 aromatic rings. The molecule has 116 valence electrons. The van der Waals surface area contributed by atoms with Gasteiger partial charge in [0.15, 0.2) is 9.84 Å². The van der Waals surface area contributed by atoms with Gasteiger partial charge >= 0.3 is 0 Å². The maximum Gasteiger partial charge on any atom is 0.224 e. The standard InChI is InChI=1S/C15H21NO4S/c1-10-6-11(2)15(20-3)12(7-10)8-14(17)16-13-4-5-21(18,19)9-13/h6-7,13H,4-5,8-9H2,1-3H3,(H,16,17). The lowest BCUT2D eigenvalue weighted by Crippen LogP contribution is -2.36. The van der Waals surface area contributed by atoms with Gasteiger partial charge in [-0.3, -0.25) is 4.79 Å². The summed E-state index contributed by atoms with van der Waals surface area (Å²) in [5.41, 5.74) is 2.89. The molecule has 1 heterocycles. The molecular weight excluding hydrogens is 290 g/mol. The molecule has 0 radical (unpaired) electrons. The lowest BCUT2D eigenvalue weighted by Gasteiger charge is -2.14. The van der Waals surface area contributed by atoms with E-state index >= 15 is 0 Å². The summed E-state index contributed by atoms with van der Waals surface area (Å²) in [7, 11) is -1.39. The zero-order valence-corrected chi connectivity index (χ0v) is 13.4. The minimum Gasteiger partial charge on any atom is -0.496 e. The number of carbonyl (C=O) groups is 1. The molecule has 1 atom stereocenters. The fourth-order valence-electron chi connectivity index (χ4n) is 2.83. The van der Waals surface area contributed by atoms with Crippen LogP contribution in [0.25, 0.3) is 0 Å². The van der Waals surface area contributed by atoms with Gasteiger partial charge in [-0.1, -0.05) is 17.7 Å². The molecule has 1 aliphatic rings. The zero-order chi connectivity index (χ0) is 15.6. The van der Waals surface area contributed by atoms with Crippen molar-refractivity contribution in [3.63, 3.8) is 0 Å². The Kier molecular flexibility index (Phi) is 4.56. The molecule has 1 fully saturated rings. The van der Waals surface area contributed by atoms with Crippen molar-refractivity contribution in [3.05, 3.63) is 28.8 Å². The van der Waals surface area contributed by atoms with Crippen LogP contribution in [0.4, 0.5) is 0 Å². The third-order valence-electron chi connectivity index (χ3n) is 3.65. The minimum absolute atomic E-state index is 0.0444. The van der Waals surface area contributed by atoms with Crippen LogP contribution in [-0.2, 0) is 21.1 Å². The Morgan fingerprint density at radius 2 is 2.10 bits per heavy atom. The van der Waals surface area contributed by atoms with Crippen LogP contribution in [0.15, 0.2) is 12.1 Å². The quantitative estimate of drug-likeness (QED) is 0.905. The van der Waals surface area contributed by atoms with E-state index < -0.39 is 9.84 Å². The van der Waals surface area contributed by atoms with Crippen molar-refractivity contribution in [1.82, 2.24) is 5.32 Å². The second-order valence-corrected chi connectivity index (χ2v) is 7.85. The number of sulfone groups is 1. The lowest BCUT2D eigenvalue weighted by molar-refractivity contribution is -0.121. The Hall–Kier alpha value is -1.56. The maximum atomic E-state index is 12.1. The molecule has 1 unspecified atom stereocenters. The van der Waals surface area contributed by atoms with Crippen LogP contribution in [0, 0.1) is 13.8 Å². The number of aryl methyl sites for hydroxylation is 2. The van der Waals surface area contributed by atoms with Crippen molar-refractivity contribution in [1.29, 1.82) is 0 Å². The third kappa shape index (κ3) is 3.97. The number of ether oxygens (including phenoxy) is 1. The molecule has 0 saturated carbocycles. The van der Waals surface area contributed by atoms with Crippen LogP contribution >= 0.6 is 0 Å². The minimum atomic E-state index is -2.98. The predicted molar refractivity (Wildman–Crippen MR) is 81.4 cm³/mol. The molecule has 5 nitrogen and oxygen atoms in total. The summed E-state index contributed by atoms with van der Waals surface area (Å²) in [5, 5.41) is 2.80. The summed E-state index contributed by atoms with van der Waals surface area (Å²) >= 11 is 0. The summed E-state index contributed by atoms with van der Waals surface area (Å²) in [6, 6.07) is 3.67. The highest BCUT2D eigenvalue weighted by atomic mass is 32.2. The van der Waals surface area contributed by atoms with E-state index in [2.05, 4.69) is 5.32 Å². The predicted octanol–water partition coefficient (Wildman–Crippen LogP) is 1.16. The monoisotopic (exact) mass is 311 g/mol. The molecule has 1 saturated heterocycles. The van der Waals surface area contributed by atoms with Crippen molar-refractivity contribution in [2.75, 3.05) is 18.6 Å². The molecule has 0 bridgehead atoms. The van der Waals surface area contributed by atoms with E-state index in [4.69, 9.17) is 4.74 Å². The normalized spacial score (nSPS) is 20.2. The summed E-state index contributed by atoms with van der Waals surface area (Å²) < 4.78 is 28.2. The molecule has 2 rings (SSSR count). The molecule has 6 heteroatoms. The molecule has 0 aliphatic carbocycles. The van der Waals surface area contributed by atoms with E-state index in [0.717, 1.165) is 22.4 Å². The van der Waals surface area contributed by atoms with Crippen LogP contribution in [0.2, 0.25) is 0 Å². The SMILES string of the molecule is COc1c(C)cc(C)cc1CC(=O)NC1CCS(=O)(=O)C1. The van der Waals surface area contributed by atoms with Gasteiger partial charge in [0.25, 0.3) is 0 Å². The van der Waals surface area contributed by atoms with E-state index in [-0.39, 0.29) is 29.9 Å². The van der Waals surface area contributed by atoms with Gasteiger partial charge in [0.05, 0.1) is 25.0 Å². The average Bonchev–Trinajstić information content (AvgIpc) is 2.67. The van der Waals surface area contributed by atoms with Crippen molar-refractivity contribution < 1.29 is 17.9 Å². The van der Waals surface area contributed by atoms with Gasteiger partial charge < -0.3 is 10.1 Å². The summed E-state index contributed by atoms with van der Waals surface area (Å²) in [6.07, 6.45) is 0.695. The number of rotatable bonds is 4. The first kappa shape index (κ1) is 15.8. The van der Waals surface area contributed by atoms with Crippen LogP contribution in [-0.4, -0.2) is 39.0 Å². The highest BCUT2D eigenvalue weighted by Crippen LogP contribution is 2.25. The molecule has 1 amide bonds. The van der Waals surface area contributed by atoms with Gasteiger partial charge in [0.2, 0.25) is 5.91 Å². The van der Waals surface area contributed by atoms with Gasteiger partial charge in [-0.2, -0.15) is 0 Å². The first-order chi connectivity index (χ1) is 9.80. The summed E-state index contributed by atoms with van der Waals surface area (Å²) in [4.78, 5) is 12.1. The van der Waals surface area contributed by atoms with Gasteiger partial charge in [0.1, 0.15) is 5.75 Å². The molecule has 21 heavy (non-hydrogen) atoms. The Bertz CT molecular complexity index is 652. The number of benzene rings is 1. The van der Waals surface area contributed by atoms with Crippen LogP contribution < -0.4 is 10.1 Å². The van der Waals surface area contributed by atoms with Crippen molar-refractivity contribution in [3.8, 4) is 5.75 Å². The van der Waals surface area contributed by atoms with Crippen LogP contribution in [0.1, 0.15) is 23.1 Å². The third-order valence-corrected chi connectivity index (χ3v) is 5.42. The van der Waals surface area contributed by atoms with Crippen molar-refractivity contribution in [2.24, 2.45) is 0 Å². The second kappa shape index (κ2) is 6.05. The smallest absolute Gasteiger partial charge is 0.224 e. The van der Waals surface area contributed by atoms with Gasteiger partial charge in [-0.25, -0.2) is 8.42 Å². The Morgan fingerprint density at radius 3 is 2.67 bits per heavy atom. The first-order valence-electron chi connectivity index (χ1n) is 6.94. The molecule has 0 aromatic heterocycles. The van der Waals surface area contributed by atoms with Gasteiger partial charge in [0, 0.05) is 11.6 Å². The number of hydrogen-bond donors (Lipinski definition) is 1. The molecule has 0 spiro atoms. The zero-order valence-electron chi connectivity index (χ0n) is 12.6. The topological polar surface area (TPSA) is 72.5 Å². The number of carbonyl (C=O) groups excluding carboxylic acids is 1. The summed E-state index contributed by atoms with van der Waals surface area (Å²) in [5.74, 6) is 0.753. The molecule has 1 aliphatic heterocycles. The van der Waals surface area contributed by atoms with Crippen molar-refractivity contribution in [2.45, 2.75) is 32.7 Å². The Balaban J connectivity index is 2.06. The molecule has 1 aromatic carbocycles. The number of nitrogens with one attached hydrogen (secondary N) is 1. The van der Waals surface area contributed by atoms with E-state index in [0.29, 0.717) is 6.42 Å². The Morgan fingerprint density at radius 1 is 1.38 bits per heavy atom. The van der Waals surface area contributed by atoms with E-state index in [1.807, 2.05) is 26.0 Å². The lowest BCUT2D eigenvalue weighted by atomic mass is 10.0. The van der Waals surface area contributed by atoms with Gasteiger partial charge in [-0.15, -0.1) is 0 Å². The average molecular weight is 311 g/mol. The fourth-order valence-corrected chi connectivity index (χ4v) is 4.50. The largest absolute Gasteiger partial charge is 0.496 e. The second-order valence-electron chi connectivity index (χ2n) is 5.62. The highest BCUT2D eigenvalue weighted by Gasteiger charge is 2.29. The first-order valence-corrected chi connectivity index (χ1v) is 8.77. The van der Waals surface area contributed by atoms with Crippen molar-refractivity contribution >= 4 is 15.7 Å².